The summed E-state index contributed by atoms with van der Waals surface area (Å²) in [4.78, 5) is 29.7. The van der Waals surface area contributed by atoms with Crippen LogP contribution in [0.1, 0.15) is 33.6 Å². The Morgan fingerprint density at radius 1 is 1.21 bits per heavy atom. The molecule has 6 nitrogen and oxygen atoms in total. The van der Waals surface area contributed by atoms with Crippen LogP contribution < -0.4 is 0 Å². The average Bonchev–Trinajstić information content (AvgIpc) is 3.42. The van der Waals surface area contributed by atoms with Gasteiger partial charge in [-0.1, -0.05) is 24.3 Å². The van der Waals surface area contributed by atoms with Gasteiger partial charge in [0.05, 0.1) is 0 Å². The summed E-state index contributed by atoms with van der Waals surface area (Å²) in [7, 11) is 0. The van der Waals surface area contributed by atoms with Crippen molar-refractivity contribution >= 4 is 28.7 Å². The van der Waals surface area contributed by atoms with Crippen LogP contribution in [0.2, 0.25) is 0 Å². The summed E-state index contributed by atoms with van der Waals surface area (Å²) in [5.41, 5.74) is 6.39. The van der Waals surface area contributed by atoms with E-state index >= 15 is 0 Å². The fourth-order valence-corrected chi connectivity index (χ4v) is 5.52. The Kier molecular flexibility index (Phi) is 3.75. The van der Waals surface area contributed by atoms with E-state index < -0.39 is 0 Å². The molecule has 5 rings (SSSR count). The van der Waals surface area contributed by atoms with E-state index in [9.17, 15) is 9.90 Å². The minimum atomic E-state index is -0.162. The van der Waals surface area contributed by atoms with Gasteiger partial charge in [0.15, 0.2) is 22.1 Å². The molecule has 0 bridgehead atoms. The Balaban J connectivity index is 1.48. The van der Waals surface area contributed by atoms with Gasteiger partial charge in [0.25, 0.3) is 0 Å². The van der Waals surface area contributed by atoms with Crippen LogP contribution in [0.5, 0.6) is 5.88 Å². The third-order valence-corrected chi connectivity index (χ3v) is 7.32. The molecular weight excluding hydrogens is 372 g/mol. The summed E-state index contributed by atoms with van der Waals surface area (Å²) in [5, 5.41) is 10.6. The summed E-state index contributed by atoms with van der Waals surface area (Å²) < 4.78 is 0. The zero-order valence-electron chi connectivity index (χ0n) is 16.0. The van der Waals surface area contributed by atoms with Gasteiger partial charge in [0.2, 0.25) is 5.88 Å². The van der Waals surface area contributed by atoms with E-state index in [-0.39, 0.29) is 23.0 Å². The highest BCUT2D eigenvalue weighted by Gasteiger charge is 2.56. The number of hydrogen-bond acceptors (Lipinski definition) is 7. The fraction of sp³-hybridized carbons (Fsp3) is 0.381. The second-order valence-corrected chi connectivity index (χ2v) is 8.75. The number of rotatable bonds is 3. The maximum atomic E-state index is 13.0. The second kappa shape index (κ2) is 5.98. The highest BCUT2D eigenvalue weighted by molar-refractivity contribution is 7.99. The van der Waals surface area contributed by atoms with Gasteiger partial charge in [-0.2, -0.15) is 4.98 Å². The summed E-state index contributed by atoms with van der Waals surface area (Å²) in [6.07, 6.45) is 7.28. The maximum absolute atomic E-state index is 13.0. The number of ketones is 1. The number of hydrogen-bond donors (Lipinski definition) is 1. The third kappa shape index (κ3) is 2.38. The first-order valence-electron chi connectivity index (χ1n) is 9.40. The van der Waals surface area contributed by atoms with Crippen molar-refractivity contribution < 1.29 is 9.90 Å². The highest BCUT2D eigenvalue weighted by Crippen LogP contribution is 2.63. The summed E-state index contributed by atoms with van der Waals surface area (Å²) in [5.74, 6) is 0.820. The molecule has 0 radical (unpaired) electrons. The van der Waals surface area contributed by atoms with Crippen molar-refractivity contribution in [3.05, 3.63) is 46.3 Å². The van der Waals surface area contributed by atoms with Gasteiger partial charge in [0, 0.05) is 35.1 Å². The number of allylic oxidation sites excluding steroid dienone is 5. The van der Waals surface area contributed by atoms with E-state index in [0.29, 0.717) is 22.1 Å². The number of aromatic nitrogens is 4. The Morgan fingerprint density at radius 2 is 1.96 bits per heavy atom. The number of nitrogens with zero attached hydrogens (tertiary/aromatic N) is 4. The topological polar surface area (TPSA) is 88.9 Å². The van der Waals surface area contributed by atoms with Crippen molar-refractivity contribution in [3.63, 3.8) is 0 Å². The first-order valence-corrected chi connectivity index (χ1v) is 10.4. The lowest BCUT2D eigenvalue weighted by atomic mass is 9.70. The fourth-order valence-electron chi connectivity index (χ4n) is 4.58. The molecule has 0 saturated heterocycles. The van der Waals surface area contributed by atoms with Crippen LogP contribution in [-0.4, -0.2) is 36.6 Å². The van der Waals surface area contributed by atoms with Gasteiger partial charge in [0.1, 0.15) is 0 Å². The number of fused-ring (bicyclic) bond motifs is 2. The molecule has 3 aliphatic rings. The molecule has 1 N–H and O–H groups in total. The molecular formula is C21H20N4O2S. The molecule has 2 heterocycles. The molecule has 1 atom stereocenters. The van der Waals surface area contributed by atoms with Gasteiger partial charge in [-0.15, -0.1) is 0 Å². The number of carbonyl (C=O) groups excluding carboxylic acids is 1. The highest BCUT2D eigenvalue weighted by atomic mass is 32.2. The number of carbonyl (C=O) groups is 1. The molecule has 2 aromatic heterocycles. The summed E-state index contributed by atoms with van der Waals surface area (Å²) in [6, 6.07) is 0. The van der Waals surface area contributed by atoms with Crippen molar-refractivity contribution in [1.29, 1.82) is 0 Å². The van der Waals surface area contributed by atoms with Crippen LogP contribution in [-0.2, 0) is 4.79 Å². The van der Waals surface area contributed by atoms with E-state index in [1.165, 1.54) is 29.1 Å². The smallest absolute Gasteiger partial charge is 0.243 e. The number of aromatic hydroxyl groups is 1. The van der Waals surface area contributed by atoms with Crippen molar-refractivity contribution in [3.8, 4) is 5.88 Å². The monoisotopic (exact) mass is 392 g/mol. The molecule has 3 aliphatic carbocycles. The minimum absolute atomic E-state index is 0.0671. The molecule has 0 aromatic carbocycles. The summed E-state index contributed by atoms with van der Waals surface area (Å²) >= 11 is 1.44. The Hall–Kier alpha value is -2.54. The first kappa shape index (κ1) is 17.6. The Labute approximate surface area is 166 Å². The van der Waals surface area contributed by atoms with Crippen molar-refractivity contribution in [2.45, 2.75) is 38.8 Å². The molecule has 7 heteroatoms. The van der Waals surface area contributed by atoms with Gasteiger partial charge in [-0.25, -0.2) is 15.0 Å². The lowest BCUT2D eigenvalue weighted by molar-refractivity contribution is -0.120. The molecule has 142 valence electrons. The lowest BCUT2D eigenvalue weighted by Crippen LogP contribution is -2.31. The van der Waals surface area contributed by atoms with Crippen molar-refractivity contribution in [1.82, 2.24) is 19.9 Å². The minimum Gasteiger partial charge on any atom is -0.492 e. The Morgan fingerprint density at radius 3 is 2.71 bits per heavy atom. The van der Waals surface area contributed by atoms with Gasteiger partial charge in [-0.05, 0) is 49.5 Å². The first-order chi connectivity index (χ1) is 13.4. The molecule has 1 spiro atoms. The van der Waals surface area contributed by atoms with Gasteiger partial charge < -0.3 is 5.11 Å². The maximum Gasteiger partial charge on any atom is 0.243 e. The molecule has 2 aromatic rings. The predicted octanol–water partition coefficient (Wildman–Crippen LogP) is 3.79. The van der Waals surface area contributed by atoms with Crippen LogP contribution in [0.15, 0.2) is 51.5 Å². The standard InChI is InChI=1S/C21H20N4O2S/c1-10-8-13-15(11(2)21(4-5-21)12(3)17(13)26)14(10)9-28-20-24-18-16(19(27)25-20)22-6-7-23-18/h6-8,12H,4-5,9H2,1-3H3,(H,23,24,25,27)/t12-/m1/s1. The van der Waals surface area contributed by atoms with E-state index in [4.69, 9.17) is 0 Å². The average molecular weight is 392 g/mol. The van der Waals surface area contributed by atoms with Crippen LogP contribution in [0.25, 0.3) is 11.2 Å². The van der Waals surface area contributed by atoms with E-state index in [0.717, 1.165) is 29.6 Å². The predicted molar refractivity (Wildman–Crippen MR) is 107 cm³/mol. The SMILES string of the molecule is CC1=C(CSc2nc(O)c3nccnc3n2)C2=C(C)C3(CC3)[C@H](C)C(=O)C2=C1. The largest absolute Gasteiger partial charge is 0.492 e. The van der Waals surface area contributed by atoms with E-state index in [2.05, 4.69) is 40.7 Å². The van der Waals surface area contributed by atoms with E-state index in [1.807, 2.05) is 6.08 Å². The molecule has 0 amide bonds. The van der Waals surface area contributed by atoms with Crippen LogP contribution in [0.4, 0.5) is 0 Å². The zero-order chi connectivity index (χ0) is 19.6. The van der Waals surface area contributed by atoms with Crippen LogP contribution >= 0.6 is 11.8 Å². The normalized spacial score (nSPS) is 22.9. The summed E-state index contributed by atoms with van der Waals surface area (Å²) in [6.45, 7) is 6.32. The van der Waals surface area contributed by atoms with Crippen LogP contribution in [0.3, 0.4) is 0 Å². The number of Topliss-reactive ketones (excluding diaryl/α,β-unsaturated/α-hetero) is 1. The van der Waals surface area contributed by atoms with Gasteiger partial charge >= 0.3 is 0 Å². The second-order valence-electron chi connectivity index (χ2n) is 7.81. The van der Waals surface area contributed by atoms with Crippen molar-refractivity contribution in [2.24, 2.45) is 11.3 Å². The van der Waals surface area contributed by atoms with E-state index in [1.54, 1.807) is 6.20 Å². The molecule has 0 aliphatic heterocycles. The molecule has 1 saturated carbocycles. The molecule has 1 fully saturated rings. The number of thioether (sulfide) groups is 1. The molecule has 28 heavy (non-hydrogen) atoms. The third-order valence-electron chi connectivity index (χ3n) is 6.45. The zero-order valence-corrected chi connectivity index (χ0v) is 16.8. The van der Waals surface area contributed by atoms with Crippen molar-refractivity contribution in [2.75, 3.05) is 5.75 Å². The Bertz CT molecular complexity index is 1140. The van der Waals surface area contributed by atoms with Crippen LogP contribution in [0, 0.1) is 11.3 Å². The quantitative estimate of drug-likeness (QED) is 0.628. The molecule has 0 unspecified atom stereocenters. The van der Waals surface area contributed by atoms with Gasteiger partial charge in [-0.3, -0.25) is 4.79 Å². The lowest BCUT2D eigenvalue weighted by Gasteiger charge is -2.32.